The molecule has 7 nitrogen and oxygen atoms in total. The number of piperazine rings is 1. The second kappa shape index (κ2) is 9.56. The minimum absolute atomic E-state index is 0.0680. The van der Waals surface area contributed by atoms with Crippen molar-refractivity contribution in [1.82, 2.24) is 14.5 Å². The molecule has 1 N–H and O–H groups in total. The smallest absolute Gasteiger partial charge is 0.251 e. The van der Waals surface area contributed by atoms with Gasteiger partial charge < -0.3 is 10.2 Å². The highest BCUT2D eigenvalue weighted by Crippen LogP contribution is 2.26. The minimum Gasteiger partial charge on any atom is -0.345 e. The Morgan fingerprint density at radius 3 is 2.16 bits per heavy atom. The summed E-state index contributed by atoms with van der Waals surface area (Å²) in [6, 6.07) is 10.5. The van der Waals surface area contributed by atoms with Gasteiger partial charge >= 0.3 is 0 Å². The van der Waals surface area contributed by atoms with Crippen LogP contribution < -0.4 is 5.32 Å². The highest BCUT2D eigenvalue weighted by atomic mass is 35.5. The number of carbonyl (C=O) groups excluding carboxylic acids is 2. The van der Waals surface area contributed by atoms with Gasteiger partial charge in [-0.1, -0.05) is 29.3 Å². The van der Waals surface area contributed by atoms with Crippen molar-refractivity contribution in [2.45, 2.75) is 24.8 Å². The summed E-state index contributed by atoms with van der Waals surface area (Å²) in [7, 11) is -3.70. The molecule has 0 aromatic heterocycles. The molecule has 2 amide bonds. The Balaban J connectivity index is 1.67. The summed E-state index contributed by atoms with van der Waals surface area (Å²) in [5.74, 6) is -0.418. The SMILES string of the molecule is CC(=O)N1CCN(S(=O)(=O)c2ccc(C(=O)NC(C)c3ccc(Cl)cc3Cl)cc2)CC1. The van der Waals surface area contributed by atoms with Crippen LogP contribution in [0, 0.1) is 0 Å². The van der Waals surface area contributed by atoms with Gasteiger partial charge in [0.1, 0.15) is 0 Å². The first-order valence-electron chi connectivity index (χ1n) is 9.71. The zero-order valence-corrected chi connectivity index (χ0v) is 19.5. The lowest BCUT2D eigenvalue weighted by Gasteiger charge is -2.33. The molecule has 0 radical (unpaired) electrons. The number of sulfonamides is 1. The van der Waals surface area contributed by atoms with Crippen LogP contribution in [0.5, 0.6) is 0 Å². The first-order chi connectivity index (χ1) is 14.6. The fourth-order valence-electron chi connectivity index (χ4n) is 3.38. The van der Waals surface area contributed by atoms with E-state index in [0.717, 1.165) is 5.56 Å². The Morgan fingerprint density at radius 1 is 1.00 bits per heavy atom. The van der Waals surface area contributed by atoms with E-state index in [4.69, 9.17) is 23.2 Å². The molecule has 10 heteroatoms. The van der Waals surface area contributed by atoms with Gasteiger partial charge in [0.2, 0.25) is 15.9 Å². The van der Waals surface area contributed by atoms with Crippen LogP contribution in [-0.2, 0) is 14.8 Å². The maximum absolute atomic E-state index is 12.9. The highest BCUT2D eigenvalue weighted by Gasteiger charge is 2.29. The van der Waals surface area contributed by atoms with Gasteiger partial charge in [0.05, 0.1) is 10.9 Å². The van der Waals surface area contributed by atoms with Crippen molar-refractivity contribution < 1.29 is 18.0 Å². The summed E-state index contributed by atoms with van der Waals surface area (Å²) >= 11 is 12.1. The lowest BCUT2D eigenvalue weighted by Crippen LogP contribution is -2.49. The lowest BCUT2D eigenvalue weighted by atomic mass is 10.1. The zero-order chi connectivity index (χ0) is 22.8. The van der Waals surface area contributed by atoms with Crippen LogP contribution in [0.3, 0.4) is 0 Å². The summed E-state index contributed by atoms with van der Waals surface area (Å²) in [6.45, 7) is 4.47. The predicted octanol–water partition coefficient (Wildman–Crippen LogP) is 3.34. The molecule has 3 rings (SSSR count). The van der Waals surface area contributed by atoms with Crippen LogP contribution in [0.15, 0.2) is 47.4 Å². The Hall–Kier alpha value is -2.13. The average Bonchev–Trinajstić information content (AvgIpc) is 2.73. The van der Waals surface area contributed by atoms with E-state index in [-0.39, 0.29) is 35.8 Å². The number of halogens is 2. The van der Waals surface area contributed by atoms with Gasteiger partial charge in [-0.2, -0.15) is 4.31 Å². The fraction of sp³-hybridized carbons (Fsp3) is 0.333. The predicted molar refractivity (Wildman–Crippen MR) is 120 cm³/mol. The standard InChI is InChI=1S/C21H23Cl2N3O4S/c1-14(19-8-5-17(22)13-20(19)23)24-21(28)16-3-6-18(7-4-16)31(29,30)26-11-9-25(10-12-26)15(2)27/h3-8,13-14H,9-12H2,1-2H3,(H,24,28). The first kappa shape index (κ1) is 23.5. The fourth-order valence-corrected chi connectivity index (χ4v) is 5.38. The monoisotopic (exact) mass is 483 g/mol. The second-order valence-corrected chi connectivity index (χ2v) is 10.1. The maximum Gasteiger partial charge on any atom is 0.251 e. The van der Waals surface area contributed by atoms with Gasteiger partial charge in [0.15, 0.2) is 0 Å². The van der Waals surface area contributed by atoms with E-state index in [9.17, 15) is 18.0 Å². The van der Waals surface area contributed by atoms with Crippen molar-refractivity contribution in [3.8, 4) is 0 Å². The topological polar surface area (TPSA) is 86.8 Å². The van der Waals surface area contributed by atoms with Gasteiger partial charge in [-0.15, -0.1) is 0 Å². The molecule has 1 heterocycles. The molecule has 1 unspecified atom stereocenters. The Bertz CT molecular complexity index is 1080. The molecule has 0 spiro atoms. The van der Waals surface area contributed by atoms with Gasteiger partial charge in [-0.05, 0) is 48.9 Å². The van der Waals surface area contributed by atoms with E-state index in [1.165, 1.54) is 35.5 Å². The molecular formula is C21H23Cl2N3O4S. The molecule has 31 heavy (non-hydrogen) atoms. The molecule has 1 saturated heterocycles. The quantitative estimate of drug-likeness (QED) is 0.706. The minimum atomic E-state index is -3.70. The van der Waals surface area contributed by atoms with Gasteiger partial charge in [-0.25, -0.2) is 8.42 Å². The zero-order valence-electron chi connectivity index (χ0n) is 17.1. The highest BCUT2D eigenvalue weighted by molar-refractivity contribution is 7.89. The Morgan fingerprint density at radius 2 is 1.61 bits per heavy atom. The lowest BCUT2D eigenvalue weighted by molar-refractivity contribution is -0.129. The van der Waals surface area contributed by atoms with Crippen LogP contribution in [-0.4, -0.2) is 55.6 Å². The third kappa shape index (κ3) is 5.38. The Labute approximate surface area is 192 Å². The van der Waals surface area contributed by atoms with Crippen LogP contribution >= 0.6 is 23.2 Å². The van der Waals surface area contributed by atoms with Crippen molar-refractivity contribution in [3.63, 3.8) is 0 Å². The first-order valence-corrected chi connectivity index (χ1v) is 11.9. The molecule has 1 aliphatic heterocycles. The van der Waals surface area contributed by atoms with Crippen LogP contribution in [0.2, 0.25) is 10.0 Å². The van der Waals surface area contributed by atoms with Crippen molar-refractivity contribution in [3.05, 3.63) is 63.6 Å². The molecule has 166 valence electrons. The van der Waals surface area contributed by atoms with Gasteiger partial charge in [-0.3, -0.25) is 9.59 Å². The summed E-state index contributed by atoms with van der Waals surface area (Å²) in [6.07, 6.45) is 0. The van der Waals surface area contributed by atoms with Crippen LogP contribution in [0.1, 0.15) is 35.8 Å². The number of hydrogen-bond acceptors (Lipinski definition) is 4. The van der Waals surface area contributed by atoms with Gasteiger partial charge in [0, 0.05) is 48.7 Å². The summed E-state index contributed by atoms with van der Waals surface area (Å²) < 4.78 is 27.1. The van der Waals surface area contributed by atoms with E-state index >= 15 is 0 Å². The summed E-state index contributed by atoms with van der Waals surface area (Å²) in [5.41, 5.74) is 1.06. The van der Waals surface area contributed by atoms with E-state index < -0.39 is 10.0 Å². The molecule has 0 bridgehead atoms. The van der Waals surface area contributed by atoms with E-state index in [2.05, 4.69) is 5.32 Å². The van der Waals surface area contributed by atoms with Crippen LogP contribution in [0.25, 0.3) is 0 Å². The molecule has 2 aromatic rings. The second-order valence-electron chi connectivity index (χ2n) is 7.30. The number of amides is 2. The van der Waals surface area contributed by atoms with E-state index in [0.29, 0.717) is 28.7 Å². The van der Waals surface area contributed by atoms with E-state index in [1.807, 2.05) is 0 Å². The van der Waals surface area contributed by atoms with Crippen LogP contribution in [0.4, 0.5) is 0 Å². The number of hydrogen-bond donors (Lipinski definition) is 1. The van der Waals surface area contributed by atoms with E-state index in [1.54, 1.807) is 30.0 Å². The number of benzene rings is 2. The summed E-state index contributed by atoms with van der Waals surface area (Å²) in [4.78, 5) is 25.7. The molecule has 1 atom stereocenters. The molecule has 0 saturated carbocycles. The summed E-state index contributed by atoms with van der Waals surface area (Å²) in [5, 5.41) is 3.80. The molecular weight excluding hydrogens is 461 g/mol. The normalized spacial score (nSPS) is 16.1. The average molecular weight is 484 g/mol. The van der Waals surface area contributed by atoms with Crippen molar-refractivity contribution in [2.24, 2.45) is 0 Å². The van der Waals surface area contributed by atoms with Crippen molar-refractivity contribution in [2.75, 3.05) is 26.2 Å². The molecule has 0 aliphatic carbocycles. The van der Waals surface area contributed by atoms with Gasteiger partial charge in [0.25, 0.3) is 5.91 Å². The molecule has 1 aliphatic rings. The maximum atomic E-state index is 12.9. The third-order valence-corrected chi connectivity index (χ3v) is 7.69. The number of nitrogens with zero attached hydrogens (tertiary/aromatic N) is 2. The molecule has 1 fully saturated rings. The van der Waals surface area contributed by atoms with Crippen molar-refractivity contribution in [1.29, 1.82) is 0 Å². The number of nitrogens with one attached hydrogen (secondary N) is 1. The molecule has 2 aromatic carbocycles. The number of rotatable bonds is 5. The largest absolute Gasteiger partial charge is 0.345 e. The Kier molecular flexibility index (Phi) is 7.26. The number of carbonyl (C=O) groups is 2. The van der Waals surface area contributed by atoms with Crippen molar-refractivity contribution >= 4 is 45.0 Å². The third-order valence-electron chi connectivity index (χ3n) is 5.21.